The van der Waals surface area contributed by atoms with E-state index in [1.807, 2.05) is 4.99 Å². The Labute approximate surface area is 59.7 Å². The van der Waals surface area contributed by atoms with Crippen molar-refractivity contribution in [2.75, 3.05) is 0 Å². The maximum absolute atomic E-state index is 3.21. The third-order valence-corrected chi connectivity index (χ3v) is 3.21. The number of hydrogen-bond donors (Lipinski definition) is 0. The number of halogens is 1. The fourth-order valence-corrected chi connectivity index (χ4v) is 1.62. The summed E-state index contributed by atoms with van der Waals surface area (Å²) in [5.41, 5.74) is 0. The molecule has 0 radical (unpaired) electrons. The zero-order chi connectivity index (χ0) is 5.70. The van der Waals surface area contributed by atoms with Gasteiger partial charge in [0.2, 0.25) is 0 Å². The van der Waals surface area contributed by atoms with Crippen LogP contribution in [0.2, 0.25) is 4.82 Å². The Hall–Kier alpha value is 0.739. The van der Waals surface area contributed by atoms with Gasteiger partial charge in [-0.05, 0) is 0 Å². The van der Waals surface area contributed by atoms with Crippen LogP contribution < -0.4 is 0 Å². The second kappa shape index (κ2) is 4.89. The molecule has 0 amide bonds. The van der Waals surface area contributed by atoms with E-state index in [9.17, 15) is 0 Å². The molecule has 0 aromatic carbocycles. The Morgan fingerprint density at radius 1 is 1.57 bits per heavy atom. The molecular weight excluding hydrogens is 219 g/mol. The third-order valence-electron chi connectivity index (χ3n) is 0.402. The van der Waals surface area contributed by atoms with Crippen LogP contribution in [0.25, 0.3) is 0 Å². The molecule has 2 heteroatoms. The summed E-state index contributed by atoms with van der Waals surface area (Å²) in [6, 6.07) is 0. The summed E-state index contributed by atoms with van der Waals surface area (Å²) < 4.78 is 0. The molecule has 0 fully saturated rings. The van der Waals surface area contributed by atoms with Crippen LogP contribution in [0.5, 0.6) is 0 Å². The van der Waals surface area contributed by atoms with Crippen molar-refractivity contribution in [2.24, 2.45) is 0 Å². The van der Waals surface area contributed by atoms with Crippen LogP contribution in [0.1, 0.15) is 13.8 Å². The van der Waals surface area contributed by atoms with Crippen LogP contribution in [-0.2, 0) is 0 Å². The van der Waals surface area contributed by atoms with Gasteiger partial charge in [-0.3, -0.25) is 0 Å². The molecule has 0 aromatic rings. The van der Waals surface area contributed by atoms with Crippen molar-refractivity contribution in [3.8, 4) is 0 Å². The molecule has 7 heavy (non-hydrogen) atoms. The molecule has 0 aliphatic rings. The first-order chi connectivity index (χ1) is 3.27. The van der Waals surface area contributed by atoms with Crippen molar-refractivity contribution in [3.63, 3.8) is 0 Å². The predicted molar refractivity (Wildman–Crippen MR) is 38.9 cm³/mol. The summed E-state index contributed by atoms with van der Waals surface area (Å²) in [6.07, 6.45) is 0. The second-order valence-corrected chi connectivity index (χ2v) is 5.10. The van der Waals surface area contributed by atoms with Gasteiger partial charge in [-0.25, -0.2) is 0 Å². The summed E-state index contributed by atoms with van der Waals surface area (Å²) in [5.74, 6) is 0. The monoisotopic (exact) mass is 228 g/mol. The molecule has 0 spiro atoms. The molecule has 0 aliphatic heterocycles. The van der Waals surface area contributed by atoms with E-state index in [-0.39, 0.29) is 0 Å². The van der Waals surface area contributed by atoms with Gasteiger partial charge in [-0.2, -0.15) is 0 Å². The quantitative estimate of drug-likeness (QED) is 0.636. The predicted octanol–water partition coefficient (Wildman–Crippen LogP) is 2.39. The Balaban J connectivity index is 2.97. The topological polar surface area (TPSA) is 0 Å². The molecule has 0 aliphatic carbocycles. The number of hydrogen-bond acceptors (Lipinski definition) is 0. The van der Waals surface area contributed by atoms with Gasteiger partial charge < -0.3 is 0 Å². The van der Waals surface area contributed by atoms with Gasteiger partial charge in [-0.15, -0.1) is 0 Å². The first-order valence-corrected chi connectivity index (χ1v) is 5.07. The molecule has 0 heterocycles. The van der Waals surface area contributed by atoms with E-state index in [0.717, 1.165) is 4.82 Å². The van der Waals surface area contributed by atoms with Gasteiger partial charge in [0.15, 0.2) is 0 Å². The zero-order valence-electron chi connectivity index (χ0n) is 4.52. The average molecular weight is 228 g/mol. The van der Waals surface area contributed by atoms with Crippen molar-refractivity contribution in [3.05, 3.63) is 9.96 Å². The van der Waals surface area contributed by atoms with Gasteiger partial charge in [0.1, 0.15) is 0 Å². The zero-order valence-corrected chi connectivity index (χ0v) is 7.82. The van der Waals surface area contributed by atoms with Crippen LogP contribution in [0.4, 0.5) is 0 Å². The van der Waals surface area contributed by atoms with Gasteiger partial charge in [0.25, 0.3) is 0 Å². The molecule has 0 unspecified atom stereocenters. The van der Waals surface area contributed by atoms with Gasteiger partial charge >= 0.3 is 59.5 Å². The van der Waals surface area contributed by atoms with Crippen molar-refractivity contribution in [1.29, 1.82) is 0 Å². The van der Waals surface area contributed by atoms with E-state index >= 15 is 0 Å². The van der Waals surface area contributed by atoms with Crippen LogP contribution in [0, 0.1) is 0 Å². The minimum absolute atomic E-state index is 0.698. The Kier molecular flexibility index (Phi) is 5.40. The van der Waals surface area contributed by atoms with E-state index in [4.69, 9.17) is 0 Å². The molecule has 0 saturated heterocycles. The molecule has 0 N–H and O–H groups in total. The molecule has 0 rings (SSSR count). The first-order valence-electron chi connectivity index (χ1n) is 2.18. The molecule has 42 valence electrons. The average Bonchev–Trinajstić information content (AvgIpc) is 1.61. The molecule has 0 aromatic heterocycles. The standard InChI is InChI=1S/C5H9BrSe/c1-5(2)7-4-3-6/h3-5H,1-2H3/b4-3+. The normalized spacial score (nSPS) is 11.4. The SMILES string of the molecule is CC(C)[Se]/C=C/Br. The molecule has 0 saturated carbocycles. The fourth-order valence-electron chi connectivity index (χ4n) is 0.187. The summed E-state index contributed by atoms with van der Waals surface area (Å²) in [7, 11) is 0. The van der Waals surface area contributed by atoms with E-state index in [0.29, 0.717) is 15.0 Å². The second-order valence-electron chi connectivity index (χ2n) is 1.45. The summed E-state index contributed by atoms with van der Waals surface area (Å²) in [5, 5.41) is 0. The van der Waals surface area contributed by atoms with Crippen LogP contribution in [0.3, 0.4) is 0 Å². The number of rotatable bonds is 2. The van der Waals surface area contributed by atoms with Gasteiger partial charge in [0.05, 0.1) is 0 Å². The van der Waals surface area contributed by atoms with Gasteiger partial charge in [-0.1, -0.05) is 0 Å². The van der Waals surface area contributed by atoms with E-state index in [1.54, 1.807) is 0 Å². The first kappa shape index (κ1) is 7.74. The molecule has 0 bridgehead atoms. The fraction of sp³-hybridized carbons (Fsp3) is 0.600. The summed E-state index contributed by atoms with van der Waals surface area (Å²) in [4.78, 5) is 4.96. The van der Waals surface area contributed by atoms with Gasteiger partial charge in [0, 0.05) is 0 Å². The van der Waals surface area contributed by atoms with Crippen molar-refractivity contribution in [1.82, 2.24) is 0 Å². The van der Waals surface area contributed by atoms with E-state index < -0.39 is 0 Å². The Morgan fingerprint density at radius 3 is 2.29 bits per heavy atom. The van der Waals surface area contributed by atoms with Crippen molar-refractivity contribution in [2.45, 2.75) is 18.7 Å². The van der Waals surface area contributed by atoms with Crippen LogP contribution >= 0.6 is 15.9 Å². The molecule has 0 nitrogen and oxygen atoms in total. The van der Waals surface area contributed by atoms with Crippen LogP contribution in [0.15, 0.2) is 9.96 Å². The minimum atomic E-state index is 0.698. The van der Waals surface area contributed by atoms with E-state index in [1.165, 1.54) is 0 Å². The van der Waals surface area contributed by atoms with Crippen LogP contribution in [-0.4, -0.2) is 15.0 Å². The maximum atomic E-state index is 3.21. The molecule has 0 atom stereocenters. The third kappa shape index (κ3) is 6.74. The Morgan fingerprint density at radius 2 is 2.14 bits per heavy atom. The van der Waals surface area contributed by atoms with Crippen molar-refractivity contribution >= 4 is 30.9 Å². The van der Waals surface area contributed by atoms with E-state index in [2.05, 4.69) is 34.8 Å². The molecular formula is C5H9BrSe. The Bertz CT molecular complexity index is 59.1. The summed E-state index contributed by atoms with van der Waals surface area (Å²) >= 11 is 3.91. The van der Waals surface area contributed by atoms with Crippen molar-refractivity contribution < 1.29 is 0 Å². The summed E-state index contributed by atoms with van der Waals surface area (Å²) in [6.45, 7) is 4.46.